The van der Waals surface area contributed by atoms with Gasteiger partial charge in [-0.15, -0.1) is 0 Å². The molecule has 2 aliphatic rings. The number of amides is 2. The Morgan fingerprint density at radius 3 is 2.62 bits per heavy atom. The van der Waals surface area contributed by atoms with Gasteiger partial charge < -0.3 is 19.4 Å². The fourth-order valence-electron chi connectivity index (χ4n) is 3.53. The summed E-state index contributed by atoms with van der Waals surface area (Å²) in [4.78, 5) is 30.1. The van der Waals surface area contributed by atoms with Gasteiger partial charge in [-0.2, -0.15) is 0 Å². The van der Waals surface area contributed by atoms with Crippen molar-refractivity contribution < 1.29 is 18.7 Å². The second-order valence-corrected chi connectivity index (χ2v) is 7.55. The van der Waals surface area contributed by atoms with E-state index in [0.717, 1.165) is 12.1 Å². The number of likely N-dealkylation sites (tertiary alicyclic amines) is 1. The van der Waals surface area contributed by atoms with Crippen LogP contribution in [0.1, 0.15) is 28.8 Å². The van der Waals surface area contributed by atoms with Crippen LogP contribution >= 0.6 is 0 Å². The van der Waals surface area contributed by atoms with Gasteiger partial charge in [0.1, 0.15) is 11.4 Å². The van der Waals surface area contributed by atoms with Crippen LogP contribution in [-0.4, -0.2) is 79.1 Å². The fraction of sp³-hybridized carbons (Fsp3) is 0.579. The third-order valence-corrected chi connectivity index (χ3v) is 5.18. The number of carbonyl (C=O) groups excluding carboxylic acids is 2. The van der Waals surface area contributed by atoms with E-state index in [-0.39, 0.29) is 17.6 Å². The maximum Gasteiger partial charge on any atom is 0.410 e. The number of aryl methyl sites for hydroxylation is 1. The van der Waals surface area contributed by atoms with Gasteiger partial charge in [0.05, 0.1) is 12.1 Å². The summed E-state index contributed by atoms with van der Waals surface area (Å²) in [6, 6.07) is 4.65. The van der Waals surface area contributed by atoms with E-state index in [9.17, 15) is 14.0 Å². The molecule has 0 aliphatic carbocycles. The van der Waals surface area contributed by atoms with Gasteiger partial charge in [-0.3, -0.25) is 4.79 Å². The highest BCUT2D eigenvalue weighted by Gasteiger charge is 2.47. The standard InChI is InChI=1S/C19H26FN3O3/c1-14-4-5-15(16(20)12-14)17(24)22-8-6-19(7-9-22)13-23(18(25)26-19)11-10-21(2)3/h4-5,12H,6-11,13H2,1-3H3. The monoisotopic (exact) mass is 363 g/mol. The van der Waals surface area contributed by atoms with Crippen LogP contribution in [0.25, 0.3) is 0 Å². The van der Waals surface area contributed by atoms with Crippen molar-refractivity contribution in [2.75, 3.05) is 46.8 Å². The zero-order valence-corrected chi connectivity index (χ0v) is 15.6. The Kier molecular flexibility index (Phi) is 5.18. The first-order valence-corrected chi connectivity index (χ1v) is 8.98. The Morgan fingerprint density at radius 2 is 2.00 bits per heavy atom. The lowest BCUT2D eigenvalue weighted by molar-refractivity contribution is 0.00302. The Balaban J connectivity index is 1.60. The van der Waals surface area contributed by atoms with Crippen molar-refractivity contribution in [1.29, 1.82) is 0 Å². The van der Waals surface area contributed by atoms with Gasteiger partial charge in [-0.1, -0.05) is 6.07 Å². The quantitative estimate of drug-likeness (QED) is 0.822. The topological polar surface area (TPSA) is 53.1 Å². The van der Waals surface area contributed by atoms with Crippen LogP contribution in [0.3, 0.4) is 0 Å². The predicted molar refractivity (Wildman–Crippen MR) is 95.6 cm³/mol. The summed E-state index contributed by atoms with van der Waals surface area (Å²) in [5, 5.41) is 0. The second-order valence-electron chi connectivity index (χ2n) is 7.55. The molecule has 2 heterocycles. The third-order valence-electron chi connectivity index (χ3n) is 5.18. The molecule has 7 heteroatoms. The molecule has 1 aromatic rings. The van der Waals surface area contributed by atoms with E-state index >= 15 is 0 Å². The molecule has 142 valence electrons. The van der Waals surface area contributed by atoms with E-state index in [1.54, 1.807) is 22.8 Å². The Labute approximate surface area is 153 Å². The highest BCUT2D eigenvalue weighted by atomic mass is 19.1. The molecule has 0 N–H and O–H groups in total. The van der Waals surface area contributed by atoms with Crippen LogP contribution in [0.15, 0.2) is 18.2 Å². The summed E-state index contributed by atoms with van der Waals surface area (Å²) in [5.41, 5.74) is 0.362. The summed E-state index contributed by atoms with van der Waals surface area (Å²) in [6.07, 6.45) is 0.878. The van der Waals surface area contributed by atoms with Crippen molar-refractivity contribution in [3.05, 3.63) is 35.1 Å². The molecule has 2 aliphatic heterocycles. The first kappa shape index (κ1) is 18.6. The molecule has 0 atom stereocenters. The molecule has 0 radical (unpaired) electrons. The number of likely N-dealkylation sites (N-methyl/N-ethyl adjacent to an activating group) is 1. The number of hydrogen-bond acceptors (Lipinski definition) is 4. The van der Waals surface area contributed by atoms with E-state index in [4.69, 9.17) is 4.74 Å². The Bertz CT molecular complexity index is 699. The number of hydrogen-bond donors (Lipinski definition) is 0. The molecule has 1 aromatic carbocycles. The van der Waals surface area contributed by atoms with Gasteiger partial charge in [0.15, 0.2) is 0 Å². The first-order valence-electron chi connectivity index (χ1n) is 8.98. The number of nitrogens with zero attached hydrogens (tertiary/aromatic N) is 3. The number of piperidine rings is 1. The number of carbonyl (C=O) groups is 2. The van der Waals surface area contributed by atoms with Crippen molar-refractivity contribution in [1.82, 2.24) is 14.7 Å². The van der Waals surface area contributed by atoms with Crippen LogP contribution in [0.4, 0.5) is 9.18 Å². The van der Waals surface area contributed by atoms with Crippen molar-refractivity contribution in [2.45, 2.75) is 25.4 Å². The summed E-state index contributed by atoms with van der Waals surface area (Å²) < 4.78 is 19.7. The van der Waals surface area contributed by atoms with E-state index < -0.39 is 11.4 Å². The van der Waals surface area contributed by atoms with Crippen molar-refractivity contribution >= 4 is 12.0 Å². The number of benzene rings is 1. The average molecular weight is 363 g/mol. The smallest absolute Gasteiger partial charge is 0.410 e. The first-order chi connectivity index (χ1) is 12.3. The summed E-state index contributed by atoms with van der Waals surface area (Å²) >= 11 is 0. The molecule has 2 saturated heterocycles. The minimum absolute atomic E-state index is 0.0996. The normalized spacial score (nSPS) is 19.3. The summed E-state index contributed by atoms with van der Waals surface area (Å²) in [7, 11) is 3.93. The minimum Gasteiger partial charge on any atom is -0.441 e. The molecule has 0 aromatic heterocycles. The maximum absolute atomic E-state index is 14.1. The highest BCUT2D eigenvalue weighted by molar-refractivity contribution is 5.94. The van der Waals surface area contributed by atoms with Crippen molar-refractivity contribution in [3.8, 4) is 0 Å². The third kappa shape index (κ3) is 3.82. The van der Waals surface area contributed by atoms with Gasteiger partial charge in [-0.05, 0) is 38.7 Å². The lowest BCUT2D eigenvalue weighted by Gasteiger charge is -2.37. The zero-order valence-electron chi connectivity index (χ0n) is 15.6. The van der Waals surface area contributed by atoms with Crippen LogP contribution in [0.2, 0.25) is 0 Å². The molecular weight excluding hydrogens is 337 g/mol. The molecule has 3 rings (SSSR count). The predicted octanol–water partition coefficient (Wildman–Crippen LogP) is 2.12. The summed E-state index contributed by atoms with van der Waals surface area (Å²) in [5.74, 6) is -0.788. The van der Waals surface area contributed by atoms with E-state index in [1.807, 2.05) is 19.0 Å². The SMILES string of the molecule is Cc1ccc(C(=O)N2CCC3(CC2)CN(CCN(C)C)C(=O)O3)c(F)c1. The molecule has 26 heavy (non-hydrogen) atoms. The lowest BCUT2D eigenvalue weighted by atomic mass is 9.91. The zero-order chi connectivity index (χ0) is 18.9. The van der Waals surface area contributed by atoms with E-state index in [2.05, 4.69) is 0 Å². The molecule has 0 unspecified atom stereocenters. The average Bonchev–Trinajstić information content (AvgIpc) is 2.88. The lowest BCUT2D eigenvalue weighted by Crippen LogP contribution is -2.49. The number of rotatable bonds is 4. The van der Waals surface area contributed by atoms with Gasteiger partial charge in [0.2, 0.25) is 0 Å². The molecule has 1 spiro atoms. The van der Waals surface area contributed by atoms with Gasteiger partial charge in [0.25, 0.3) is 5.91 Å². The van der Waals surface area contributed by atoms with Gasteiger partial charge >= 0.3 is 6.09 Å². The fourth-order valence-corrected chi connectivity index (χ4v) is 3.53. The molecular formula is C19H26FN3O3. The van der Waals surface area contributed by atoms with E-state index in [0.29, 0.717) is 39.0 Å². The van der Waals surface area contributed by atoms with Gasteiger partial charge in [-0.25, -0.2) is 9.18 Å². The van der Waals surface area contributed by atoms with Crippen molar-refractivity contribution in [2.24, 2.45) is 0 Å². The molecule has 0 bridgehead atoms. The van der Waals surface area contributed by atoms with Crippen molar-refractivity contribution in [3.63, 3.8) is 0 Å². The molecule has 2 fully saturated rings. The second kappa shape index (κ2) is 7.23. The van der Waals surface area contributed by atoms with Crippen LogP contribution in [0.5, 0.6) is 0 Å². The van der Waals surface area contributed by atoms with Gasteiger partial charge in [0, 0.05) is 39.0 Å². The Hall–Kier alpha value is -2.15. The van der Waals surface area contributed by atoms with Crippen LogP contribution in [0, 0.1) is 12.7 Å². The largest absolute Gasteiger partial charge is 0.441 e. The Morgan fingerprint density at radius 1 is 1.31 bits per heavy atom. The number of ether oxygens (including phenoxy) is 1. The van der Waals surface area contributed by atoms with E-state index in [1.165, 1.54) is 12.1 Å². The summed E-state index contributed by atoms with van der Waals surface area (Å²) in [6.45, 7) is 4.67. The number of halogens is 1. The highest BCUT2D eigenvalue weighted by Crippen LogP contribution is 2.33. The minimum atomic E-state index is -0.522. The van der Waals surface area contributed by atoms with Crippen LogP contribution < -0.4 is 0 Å². The molecule has 0 saturated carbocycles. The van der Waals surface area contributed by atoms with Crippen LogP contribution in [-0.2, 0) is 4.74 Å². The molecule has 6 nitrogen and oxygen atoms in total. The molecule has 2 amide bonds. The maximum atomic E-state index is 14.1.